The minimum absolute atomic E-state index is 0.0688. The summed E-state index contributed by atoms with van der Waals surface area (Å²) in [6.07, 6.45) is 6.02. The number of methoxy groups -OCH3 is 1. The summed E-state index contributed by atoms with van der Waals surface area (Å²) in [7, 11) is 1.70. The standard InChI is InChI=1S/C26H36N2O3/c1-18-5-4-10-26(2)16-24-21(15-23(18)26)22(25(29)31-24)17-27-11-13-28(14-12-27)19-6-8-20(30-3)9-7-19/h6-9,21-22,24H,4-5,10-17H2,1-3H3/p+1/t21-,22+,24-,26-/m1/s1. The summed E-state index contributed by atoms with van der Waals surface area (Å²) in [4.78, 5) is 16.9. The minimum atomic E-state index is 0.0688. The smallest absolute Gasteiger partial charge is 0.315 e. The van der Waals surface area contributed by atoms with E-state index in [0.29, 0.717) is 5.92 Å². The predicted molar refractivity (Wildman–Crippen MR) is 122 cm³/mol. The number of rotatable bonds is 4. The highest BCUT2D eigenvalue weighted by molar-refractivity contribution is 5.75. The second-order valence-corrected chi connectivity index (χ2v) is 10.5. The first-order valence-electron chi connectivity index (χ1n) is 12.1. The van der Waals surface area contributed by atoms with Crippen molar-refractivity contribution in [2.24, 2.45) is 17.3 Å². The van der Waals surface area contributed by atoms with Gasteiger partial charge in [-0.15, -0.1) is 0 Å². The average Bonchev–Trinajstić information content (AvgIpc) is 3.06. The van der Waals surface area contributed by atoms with E-state index in [1.165, 1.54) is 24.9 Å². The zero-order chi connectivity index (χ0) is 21.6. The van der Waals surface area contributed by atoms with Crippen molar-refractivity contribution in [1.82, 2.24) is 0 Å². The molecule has 5 rings (SSSR count). The third-order valence-electron chi connectivity index (χ3n) is 8.60. The summed E-state index contributed by atoms with van der Waals surface area (Å²) in [5.41, 5.74) is 4.76. The van der Waals surface area contributed by atoms with Gasteiger partial charge >= 0.3 is 5.97 Å². The van der Waals surface area contributed by atoms with Crippen molar-refractivity contribution < 1.29 is 19.2 Å². The van der Waals surface area contributed by atoms with Gasteiger partial charge in [0.1, 0.15) is 17.8 Å². The van der Waals surface area contributed by atoms with E-state index in [1.807, 2.05) is 12.1 Å². The Morgan fingerprint density at radius 1 is 1.23 bits per heavy atom. The number of anilines is 1. The van der Waals surface area contributed by atoms with Gasteiger partial charge in [-0.2, -0.15) is 0 Å². The lowest BCUT2D eigenvalue weighted by Gasteiger charge is -2.45. The number of nitrogens with zero attached hydrogens (tertiary/aromatic N) is 1. The molecule has 2 saturated heterocycles. The SMILES string of the molecule is COc1ccc(N2CC[NH+](C[C@@H]3C(=O)O[C@@H]4C[C@@]5(C)CCCC(C)=C5C[C@H]34)CC2)cc1. The molecular weight excluding hydrogens is 388 g/mol. The van der Waals surface area contributed by atoms with Gasteiger partial charge in [-0.3, -0.25) is 4.79 Å². The van der Waals surface area contributed by atoms with Crippen molar-refractivity contribution in [3.63, 3.8) is 0 Å². The molecule has 4 aliphatic rings. The van der Waals surface area contributed by atoms with Gasteiger partial charge in [-0.1, -0.05) is 18.1 Å². The molecule has 0 unspecified atom stereocenters. The predicted octanol–water partition coefficient (Wildman–Crippen LogP) is 2.86. The van der Waals surface area contributed by atoms with Crippen LogP contribution in [0.15, 0.2) is 35.4 Å². The van der Waals surface area contributed by atoms with Gasteiger partial charge in [0.2, 0.25) is 0 Å². The molecule has 3 fully saturated rings. The third kappa shape index (κ3) is 3.86. The molecule has 2 aliphatic carbocycles. The third-order valence-corrected chi connectivity index (χ3v) is 8.60. The number of benzene rings is 1. The highest BCUT2D eigenvalue weighted by Crippen LogP contribution is 2.54. The van der Waals surface area contributed by atoms with E-state index in [1.54, 1.807) is 23.2 Å². The van der Waals surface area contributed by atoms with Gasteiger partial charge in [0.05, 0.1) is 39.8 Å². The van der Waals surface area contributed by atoms with Crippen LogP contribution in [0.2, 0.25) is 0 Å². The molecule has 2 heterocycles. The molecule has 4 atom stereocenters. The van der Waals surface area contributed by atoms with Gasteiger partial charge in [-0.05, 0) is 68.7 Å². The Labute approximate surface area is 186 Å². The van der Waals surface area contributed by atoms with Crippen molar-refractivity contribution >= 4 is 11.7 Å². The maximum atomic E-state index is 12.9. The number of carbonyl (C=O) groups is 1. The first-order chi connectivity index (χ1) is 15.0. The summed E-state index contributed by atoms with van der Waals surface area (Å²) in [5.74, 6) is 1.42. The van der Waals surface area contributed by atoms with E-state index in [4.69, 9.17) is 9.47 Å². The maximum Gasteiger partial charge on any atom is 0.315 e. The molecule has 5 nitrogen and oxygen atoms in total. The van der Waals surface area contributed by atoms with Crippen molar-refractivity contribution in [2.75, 3.05) is 44.7 Å². The molecule has 0 spiro atoms. The van der Waals surface area contributed by atoms with E-state index in [2.05, 4.69) is 30.9 Å². The summed E-state index contributed by atoms with van der Waals surface area (Å²) in [6.45, 7) is 9.87. The topological polar surface area (TPSA) is 43.2 Å². The van der Waals surface area contributed by atoms with Gasteiger partial charge in [-0.25, -0.2) is 0 Å². The molecule has 1 N–H and O–H groups in total. The molecule has 2 aliphatic heterocycles. The first kappa shape index (κ1) is 20.9. The Morgan fingerprint density at radius 3 is 2.68 bits per heavy atom. The molecule has 168 valence electrons. The van der Waals surface area contributed by atoms with Gasteiger partial charge in [0.15, 0.2) is 0 Å². The molecule has 1 aromatic rings. The highest BCUT2D eigenvalue weighted by Gasteiger charge is 2.54. The van der Waals surface area contributed by atoms with Crippen LogP contribution in [0.3, 0.4) is 0 Å². The molecule has 0 aromatic heterocycles. The summed E-state index contributed by atoms with van der Waals surface area (Å²) in [6, 6.07) is 8.34. The Hall–Kier alpha value is -2.01. The van der Waals surface area contributed by atoms with Gasteiger partial charge < -0.3 is 19.3 Å². The van der Waals surface area contributed by atoms with Crippen molar-refractivity contribution in [2.45, 2.75) is 52.1 Å². The molecule has 1 aromatic carbocycles. The minimum Gasteiger partial charge on any atom is -0.497 e. The number of quaternary nitrogens is 1. The Kier molecular flexibility index (Phi) is 5.49. The van der Waals surface area contributed by atoms with E-state index < -0.39 is 0 Å². The maximum absolute atomic E-state index is 12.9. The number of piperazine rings is 1. The average molecular weight is 426 g/mol. The first-order valence-corrected chi connectivity index (χ1v) is 12.1. The van der Waals surface area contributed by atoms with Crippen LogP contribution >= 0.6 is 0 Å². The van der Waals surface area contributed by atoms with E-state index >= 15 is 0 Å². The van der Waals surface area contributed by atoms with Crippen LogP contribution in [-0.4, -0.2) is 51.9 Å². The van der Waals surface area contributed by atoms with Crippen molar-refractivity contribution in [3.05, 3.63) is 35.4 Å². The second-order valence-electron chi connectivity index (χ2n) is 10.5. The fourth-order valence-electron chi connectivity index (χ4n) is 6.73. The lowest BCUT2D eigenvalue weighted by Crippen LogP contribution is -3.15. The molecule has 5 heteroatoms. The highest BCUT2D eigenvalue weighted by atomic mass is 16.6. The van der Waals surface area contributed by atoms with Crippen LogP contribution in [0.4, 0.5) is 5.69 Å². The van der Waals surface area contributed by atoms with Crippen LogP contribution in [0.1, 0.15) is 46.0 Å². The van der Waals surface area contributed by atoms with Crippen molar-refractivity contribution in [1.29, 1.82) is 0 Å². The lowest BCUT2D eigenvalue weighted by atomic mass is 9.59. The number of nitrogens with one attached hydrogen (secondary N) is 1. The van der Waals surface area contributed by atoms with Crippen molar-refractivity contribution in [3.8, 4) is 5.75 Å². The largest absolute Gasteiger partial charge is 0.497 e. The molecular formula is C26H37N2O3+. The number of esters is 1. The summed E-state index contributed by atoms with van der Waals surface area (Å²) in [5, 5.41) is 0. The second kappa shape index (κ2) is 8.16. The van der Waals surface area contributed by atoms with E-state index in [-0.39, 0.29) is 23.4 Å². The van der Waals surface area contributed by atoms with Crippen LogP contribution in [0.5, 0.6) is 5.75 Å². The number of allylic oxidation sites excluding steroid dienone is 2. The molecule has 31 heavy (non-hydrogen) atoms. The summed E-state index contributed by atoms with van der Waals surface area (Å²) >= 11 is 0. The fourth-order valence-corrected chi connectivity index (χ4v) is 6.73. The number of hydrogen-bond donors (Lipinski definition) is 1. The zero-order valence-electron chi connectivity index (χ0n) is 19.3. The van der Waals surface area contributed by atoms with Crippen LogP contribution in [-0.2, 0) is 9.53 Å². The Bertz CT molecular complexity index is 856. The Balaban J connectivity index is 1.22. The number of ether oxygens (including phenoxy) is 2. The summed E-state index contributed by atoms with van der Waals surface area (Å²) < 4.78 is 11.3. The number of carbonyl (C=O) groups excluding carboxylic acids is 1. The van der Waals surface area contributed by atoms with Crippen LogP contribution in [0, 0.1) is 17.3 Å². The van der Waals surface area contributed by atoms with Crippen LogP contribution < -0.4 is 14.5 Å². The van der Waals surface area contributed by atoms with Crippen LogP contribution in [0.25, 0.3) is 0 Å². The fraction of sp³-hybridized carbons (Fsp3) is 0.654. The molecule has 0 amide bonds. The zero-order valence-corrected chi connectivity index (χ0v) is 19.3. The quantitative estimate of drug-likeness (QED) is 0.595. The van der Waals surface area contributed by atoms with E-state index in [0.717, 1.165) is 51.3 Å². The monoisotopic (exact) mass is 425 g/mol. The normalized spacial score (nSPS) is 33.7. The molecule has 0 radical (unpaired) electrons. The van der Waals surface area contributed by atoms with Gasteiger partial charge in [0, 0.05) is 11.6 Å². The lowest BCUT2D eigenvalue weighted by molar-refractivity contribution is -0.903. The molecule has 0 bridgehead atoms. The Morgan fingerprint density at radius 2 is 1.97 bits per heavy atom. The number of hydrogen-bond acceptors (Lipinski definition) is 4. The van der Waals surface area contributed by atoms with E-state index in [9.17, 15) is 4.79 Å². The molecule has 1 saturated carbocycles. The van der Waals surface area contributed by atoms with Gasteiger partial charge in [0.25, 0.3) is 0 Å². The number of fused-ring (bicyclic) bond motifs is 2.